The van der Waals surface area contributed by atoms with E-state index in [2.05, 4.69) is 4.98 Å². The summed E-state index contributed by atoms with van der Waals surface area (Å²) in [5.41, 5.74) is 6.96. The highest BCUT2D eigenvalue weighted by molar-refractivity contribution is 5.94. The van der Waals surface area contributed by atoms with E-state index in [1.807, 2.05) is 7.05 Å². The molecule has 1 fully saturated rings. The summed E-state index contributed by atoms with van der Waals surface area (Å²) >= 11 is 0. The van der Waals surface area contributed by atoms with Crippen LogP contribution in [0.15, 0.2) is 18.3 Å². The van der Waals surface area contributed by atoms with Crippen molar-refractivity contribution in [1.29, 1.82) is 0 Å². The average molecular weight is 270 g/mol. The maximum Gasteiger partial charge on any atom is 0.253 e. The van der Waals surface area contributed by atoms with E-state index in [0.717, 1.165) is 12.2 Å². The van der Waals surface area contributed by atoms with E-state index in [4.69, 9.17) is 5.73 Å². The molecule has 1 aliphatic carbocycles. The van der Waals surface area contributed by atoms with Crippen LogP contribution in [0.5, 0.6) is 0 Å². The molecule has 1 aromatic heterocycles. The van der Waals surface area contributed by atoms with Crippen LogP contribution in [-0.2, 0) is 6.54 Å². The molecule has 18 heavy (non-hydrogen) atoms. The number of carbonyl (C=O) groups excluding carboxylic acids is 1. The molecule has 100 valence electrons. The van der Waals surface area contributed by atoms with Crippen LogP contribution >= 0.6 is 12.4 Å². The van der Waals surface area contributed by atoms with E-state index in [-0.39, 0.29) is 18.3 Å². The molecule has 1 saturated carbocycles. The maximum atomic E-state index is 12.1. The highest BCUT2D eigenvalue weighted by Gasteiger charge is 2.22. The molecule has 2 rings (SSSR count). The lowest BCUT2D eigenvalue weighted by Crippen LogP contribution is -2.34. The first kappa shape index (κ1) is 14.9. The van der Waals surface area contributed by atoms with Crippen LogP contribution in [0.2, 0.25) is 0 Å². The number of hydrogen-bond donors (Lipinski definition) is 1. The predicted octanol–water partition coefficient (Wildman–Crippen LogP) is 1.83. The molecule has 0 spiro atoms. The number of nitrogens with zero attached hydrogens (tertiary/aromatic N) is 2. The fourth-order valence-corrected chi connectivity index (χ4v) is 2.09. The van der Waals surface area contributed by atoms with E-state index >= 15 is 0 Å². The Morgan fingerprint density at radius 3 is 2.83 bits per heavy atom. The van der Waals surface area contributed by atoms with Crippen molar-refractivity contribution in [3.63, 3.8) is 0 Å². The van der Waals surface area contributed by atoms with Gasteiger partial charge in [-0.25, -0.2) is 0 Å². The zero-order chi connectivity index (χ0) is 12.3. The van der Waals surface area contributed by atoms with Crippen LogP contribution in [0, 0.1) is 5.92 Å². The van der Waals surface area contributed by atoms with Crippen LogP contribution in [0.25, 0.3) is 0 Å². The second kappa shape index (κ2) is 6.71. The van der Waals surface area contributed by atoms with Gasteiger partial charge < -0.3 is 10.6 Å². The van der Waals surface area contributed by atoms with Gasteiger partial charge in [0.05, 0.1) is 5.69 Å². The van der Waals surface area contributed by atoms with Crippen molar-refractivity contribution in [3.8, 4) is 0 Å². The van der Waals surface area contributed by atoms with Crippen LogP contribution in [0.1, 0.15) is 35.3 Å². The van der Waals surface area contributed by atoms with Crippen LogP contribution in [0.4, 0.5) is 0 Å². The van der Waals surface area contributed by atoms with Crippen molar-refractivity contribution >= 4 is 18.3 Å². The van der Waals surface area contributed by atoms with Gasteiger partial charge in [0.15, 0.2) is 0 Å². The highest BCUT2D eigenvalue weighted by atomic mass is 35.5. The van der Waals surface area contributed by atoms with Gasteiger partial charge in [0, 0.05) is 31.9 Å². The number of halogens is 1. The van der Waals surface area contributed by atoms with Gasteiger partial charge in [-0.3, -0.25) is 9.78 Å². The number of aromatic nitrogens is 1. The third-order valence-corrected chi connectivity index (χ3v) is 3.38. The van der Waals surface area contributed by atoms with Gasteiger partial charge in [-0.2, -0.15) is 0 Å². The molecule has 5 heteroatoms. The fraction of sp³-hybridized carbons (Fsp3) is 0.538. The molecular formula is C13H20ClN3O. The Kier molecular flexibility index (Phi) is 5.56. The molecule has 1 heterocycles. The van der Waals surface area contributed by atoms with Gasteiger partial charge in [0.2, 0.25) is 0 Å². The molecule has 0 unspecified atom stereocenters. The minimum absolute atomic E-state index is 0. The molecule has 0 atom stereocenters. The SMILES string of the molecule is CN(CC1CCC1)C(=O)c1ccnc(CN)c1.Cl. The summed E-state index contributed by atoms with van der Waals surface area (Å²) in [5, 5.41) is 0. The molecule has 0 saturated heterocycles. The second-order valence-corrected chi connectivity index (χ2v) is 4.72. The Bertz CT molecular complexity index is 407. The van der Waals surface area contributed by atoms with Gasteiger partial charge >= 0.3 is 0 Å². The van der Waals surface area contributed by atoms with Crippen LogP contribution < -0.4 is 5.73 Å². The molecule has 0 aromatic carbocycles. The van der Waals surface area contributed by atoms with E-state index in [1.54, 1.807) is 23.2 Å². The first-order chi connectivity index (χ1) is 8.20. The number of rotatable bonds is 4. The van der Waals surface area contributed by atoms with Gasteiger partial charge in [-0.05, 0) is 30.9 Å². The monoisotopic (exact) mass is 269 g/mol. The lowest BCUT2D eigenvalue weighted by Gasteiger charge is -2.30. The van der Waals surface area contributed by atoms with Gasteiger partial charge in [-0.15, -0.1) is 12.4 Å². The zero-order valence-electron chi connectivity index (χ0n) is 10.6. The molecule has 0 aliphatic heterocycles. The molecule has 1 aliphatic rings. The van der Waals surface area contributed by atoms with Crippen molar-refractivity contribution in [2.75, 3.05) is 13.6 Å². The Hall–Kier alpha value is -1.13. The summed E-state index contributed by atoms with van der Waals surface area (Å²) in [6, 6.07) is 3.53. The Morgan fingerprint density at radius 2 is 2.28 bits per heavy atom. The van der Waals surface area contributed by atoms with E-state index in [0.29, 0.717) is 18.0 Å². The quantitative estimate of drug-likeness (QED) is 0.907. The van der Waals surface area contributed by atoms with Crippen molar-refractivity contribution < 1.29 is 4.79 Å². The van der Waals surface area contributed by atoms with Crippen LogP contribution in [-0.4, -0.2) is 29.4 Å². The molecule has 4 nitrogen and oxygen atoms in total. The minimum Gasteiger partial charge on any atom is -0.341 e. The lowest BCUT2D eigenvalue weighted by molar-refractivity contribution is 0.0745. The molecular weight excluding hydrogens is 250 g/mol. The van der Waals surface area contributed by atoms with E-state index < -0.39 is 0 Å². The zero-order valence-corrected chi connectivity index (χ0v) is 11.4. The Balaban J connectivity index is 0.00000162. The number of amides is 1. The topological polar surface area (TPSA) is 59.2 Å². The van der Waals surface area contributed by atoms with Crippen molar-refractivity contribution in [3.05, 3.63) is 29.6 Å². The standard InChI is InChI=1S/C13H19N3O.ClH/c1-16(9-10-3-2-4-10)13(17)11-5-6-15-12(7-11)8-14;/h5-7,10H,2-4,8-9,14H2,1H3;1H. The summed E-state index contributed by atoms with van der Waals surface area (Å²) < 4.78 is 0. The molecule has 1 amide bonds. The number of pyridine rings is 1. The van der Waals surface area contributed by atoms with Crippen LogP contribution in [0.3, 0.4) is 0 Å². The van der Waals surface area contributed by atoms with Crippen molar-refractivity contribution in [2.45, 2.75) is 25.8 Å². The number of hydrogen-bond acceptors (Lipinski definition) is 3. The summed E-state index contributed by atoms with van der Waals surface area (Å²) in [4.78, 5) is 18.0. The third kappa shape index (κ3) is 3.43. The Morgan fingerprint density at radius 1 is 1.56 bits per heavy atom. The average Bonchev–Trinajstić information content (AvgIpc) is 2.32. The van der Waals surface area contributed by atoms with Crippen molar-refractivity contribution in [1.82, 2.24) is 9.88 Å². The third-order valence-electron chi connectivity index (χ3n) is 3.38. The fourth-order valence-electron chi connectivity index (χ4n) is 2.09. The maximum absolute atomic E-state index is 12.1. The Labute approximate surface area is 114 Å². The molecule has 0 radical (unpaired) electrons. The minimum atomic E-state index is 0. The van der Waals surface area contributed by atoms with Gasteiger partial charge in [-0.1, -0.05) is 6.42 Å². The molecule has 2 N–H and O–H groups in total. The largest absolute Gasteiger partial charge is 0.341 e. The summed E-state index contributed by atoms with van der Waals surface area (Å²) in [5.74, 6) is 0.758. The molecule has 0 bridgehead atoms. The normalized spacial score (nSPS) is 14.6. The lowest BCUT2D eigenvalue weighted by atomic mass is 9.85. The first-order valence-electron chi connectivity index (χ1n) is 6.11. The van der Waals surface area contributed by atoms with E-state index in [9.17, 15) is 4.79 Å². The van der Waals surface area contributed by atoms with Gasteiger partial charge in [0.1, 0.15) is 0 Å². The summed E-state index contributed by atoms with van der Waals surface area (Å²) in [7, 11) is 1.86. The van der Waals surface area contributed by atoms with Crippen molar-refractivity contribution in [2.24, 2.45) is 11.7 Å². The van der Waals surface area contributed by atoms with Gasteiger partial charge in [0.25, 0.3) is 5.91 Å². The number of nitrogens with two attached hydrogens (primary N) is 1. The predicted molar refractivity (Wildman–Crippen MR) is 73.7 cm³/mol. The number of carbonyl (C=O) groups is 1. The summed E-state index contributed by atoms with van der Waals surface area (Å²) in [6.07, 6.45) is 5.45. The second-order valence-electron chi connectivity index (χ2n) is 4.72. The van der Waals surface area contributed by atoms with E-state index in [1.165, 1.54) is 19.3 Å². The molecule has 1 aromatic rings. The highest BCUT2D eigenvalue weighted by Crippen LogP contribution is 2.27. The summed E-state index contributed by atoms with van der Waals surface area (Å²) in [6.45, 7) is 1.23. The first-order valence-corrected chi connectivity index (χ1v) is 6.11. The smallest absolute Gasteiger partial charge is 0.253 e.